The molecule has 1 aliphatic rings. The molecule has 1 fully saturated rings. The highest BCUT2D eigenvalue weighted by molar-refractivity contribution is 6.02. The second kappa shape index (κ2) is 8.62. The van der Waals surface area contributed by atoms with Crippen LogP contribution in [0.1, 0.15) is 35.1 Å². The van der Waals surface area contributed by atoms with Gasteiger partial charge >= 0.3 is 0 Å². The average Bonchev–Trinajstić information content (AvgIpc) is 3.25. The number of nitrogens with zero attached hydrogens (tertiary/aromatic N) is 4. The number of hydrogen-bond acceptors (Lipinski definition) is 6. The normalized spacial score (nSPS) is 14.6. The van der Waals surface area contributed by atoms with Gasteiger partial charge in [-0.15, -0.1) is 5.10 Å². The van der Waals surface area contributed by atoms with Gasteiger partial charge in [0.05, 0.1) is 17.9 Å². The van der Waals surface area contributed by atoms with Crippen LogP contribution >= 0.6 is 0 Å². The topological polar surface area (TPSA) is 94.0 Å². The Morgan fingerprint density at radius 3 is 2.93 bits per heavy atom. The van der Waals surface area contributed by atoms with Crippen molar-refractivity contribution in [3.8, 4) is 5.75 Å². The predicted octanol–water partition coefficient (Wildman–Crippen LogP) is 2.43. The third kappa shape index (κ3) is 4.52. The van der Waals surface area contributed by atoms with Gasteiger partial charge in [-0.25, -0.2) is 4.68 Å². The van der Waals surface area contributed by atoms with Crippen molar-refractivity contribution in [2.45, 2.75) is 25.5 Å². The molecule has 1 aliphatic heterocycles. The van der Waals surface area contributed by atoms with Gasteiger partial charge in [0, 0.05) is 18.0 Å². The van der Waals surface area contributed by atoms with Gasteiger partial charge in [-0.2, -0.15) is 0 Å². The zero-order valence-electron chi connectivity index (χ0n) is 15.4. The number of rotatable bonds is 6. The molecule has 4 rings (SSSR count). The van der Waals surface area contributed by atoms with Crippen molar-refractivity contribution in [2.24, 2.45) is 0 Å². The second-order valence-electron chi connectivity index (χ2n) is 6.66. The SMILES string of the molecule is O=C(Nc1cccc(OCc2ccccn2)c1)c1cn(C2CCNCC2)nn1. The van der Waals surface area contributed by atoms with Crippen molar-refractivity contribution in [1.82, 2.24) is 25.3 Å². The summed E-state index contributed by atoms with van der Waals surface area (Å²) in [5.41, 5.74) is 1.78. The lowest BCUT2D eigenvalue weighted by Crippen LogP contribution is -2.29. The van der Waals surface area contributed by atoms with Crippen molar-refractivity contribution in [1.29, 1.82) is 0 Å². The molecule has 144 valence electrons. The van der Waals surface area contributed by atoms with Gasteiger partial charge in [-0.05, 0) is 50.2 Å². The highest BCUT2D eigenvalue weighted by Crippen LogP contribution is 2.20. The summed E-state index contributed by atoms with van der Waals surface area (Å²) in [5.74, 6) is 0.365. The van der Waals surface area contributed by atoms with Crippen LogP contribution in [0.5, 0.6) is 5.75 Å². The molecule has 2 aromatic heterocycles. The van der Waals surface area contributed by atoms with Gasteiger partial charge in [0.1, 0.15) is 12.4 Å². The Morgan fingerprint density at radius 1 is 1.21 bits per heavy atom. The molecule has 0 radical (unpaired) electrons. The van der Waals surface area contributed by atoms with E-state index in [0.29, 0.717) is 29.8 Å². The third-order valence-electron chi connectivity index (χ3n) is 4.63. The Labute approximate surface area is 162 Å². The molecule has 1 aromatic carbocycles. The van der Waals surface area contributed by atoms with Gasteiger partial charge in [0.25, 0.3) is 5.91 Å². The average molecular weight is 378 g/mol. The summed E-state index contributed by atoms with van der Waals surface area (Å²) in [6.45, 7) is 2.28. The molecular weight excluding hydrogens is 356 g/mol. The molecule has 0 atom stereocenters. The van der Waals surface area contributed by atoms with Gasteiger partial charge in [-0.1, -0.05) is 17.3 Å². The second-order valence-corrected chi connectivity index (χ2v) is 6.66. The molecule has 3 aromatic rings. The van der Waals surface area contributed by atoms with E-state index in [-0.39, 0.29) is 5.91 Å². The van der Waals surface area contributed by atoms with Gasteiger partial charge in [-0.3, -0.25) is 9.78 Å². The first-order valence-electron chi connectivity index (χ1n) is 9.34. The molecule has 0 bridgehead atoms. The molecule has 8 heteroatoms. The lowest BCUT2D eigenvalue weighted by Gasteiger charge is -2.22. The number of benzene rings is 1. The van der Waals surface area contributed by atoms with Gasteiger partial charge < -0.3 is 15.4 Å². The number of anilines is 1. The van der Waals surface area contributed by atoms with Crippen LogP contribution in [0.4, 0.5) is 5.69 Å². The van der Waals surface area contributed by atoms with E-state index in [1.807, 2.05) is 36.4 Å². The molecule has 3 heterocycles. The Kier molecular flexibility index (Phi) is 5.58. The van der Waals surface area contributed by atoms with Crippen molar-refractivity contribution in [2.75, 3.05) is 18.4 Å². The van der Waals surface area contributed by atoms with Crippen LogP contribution in [0.15, 0.2) is 54.9 Å². The van der Waals surface area contributed by atoms with E-state index in [2.05, 4.69) is 25.9 Å². The highest BCUT2D eigenvalue weighted by atomic mass is 16.5. The Bertz CT molecular complexity index is 921. The van der Waals surface area contributed by atoms with Crippen LogP contribution in [0.25, 0.3) is 0 Å². The zero-order chi connectivity index (χ0) is 19.2. The molecule has 1 amide bonds. The monoisotopic (exact) mass is 378 g/mol. The molecular formula is C20H22N6O2. The van der Waals surface area contributed by atoms with Crippen LogP contribution < -0.4 is 15.4 Å². The van der Waals surface area contributed by atoms with Crippen LogP contribution in [0, 0.1) is 0 Å². The van der Waals surface area contributed by atoms with Crippen molar-refractivity contribution in [3.63, 3.8) is 0 Å². The minimum atomic E-state index is -0.290. The number of aromatic nitrogens is 4. The minimum Gasteiger partial charge on any atom is -0.487 e. The molecule has 0 aliphatic carbocycles. The predicted molar refractivity (Wildman–Crippen MR) is 104 cm³/mol. The lowest BCUT2D eigenvalue weighted by atomic mass is 10.1. The van der Waals surface area contributed by atoms with Crippen molar-refractivity contribution in [3.05, 3.63) is 66.2 Å². The van der Waals surface area contributed by atoms with Crippen LogP contribution in [0.3, 0.4) is 0 Å². The standard InChI is InChI=1S/C20H22N6O2/c27-20(19-13-26(25-24-19)17-7-10-21-11-8-17)23-15-5-3-6-18(12-15)28-14-16-4-1-2-9-22-16/h1-6,9,12-13,17,21H,7-8,10-11,14H2,(H,23,27). The summed E-state index contributed by atoms with van der Waals surface area (Å²) >= 11 is 0. The Morgan fingerprint density at radius 2 is 2.11 bits per heavy atom. The fourth-order valence-corrected chi connectivity index (χ4v) is 3.13. The van der Waals surface area contributed by atoms with Crippen molar-refractivity contribution >= 4 is 11.6 Å². The van der Waals surface area contributed by atoms with E-state index < -0.39 is 0 Å². The largest absolute Gasteiger partial charge is 0.487 e. The van der Waals surface area contributed by atoms with Crippen LogP contribution in [-0.2, 0) is 6.61 Å². The van der Waals surface area contributed by atoms with E-state index in [4.69, 9.17) is 4.74 Å². The first kappa shape index (κ1) is 18.1. The molecule has 8 nitrogen and oxygen atoms in total. The van der Waals surface area contributed by atoms with E-state index in [0.717, 1.165) is 31.6 Å². The van der Waals surface area contributed by atoms with E-state index in [1.54, 1.807) is 23.1 Å². The number of ether oxygens (including phenoxy) is 1. The fourth-order valence-electron chi connectivity index (χ4n) is 3.13. The quantitative estimate of drug-likeness (QED) is 0.684. The molecule has 28 heavy (non-hydrogen) atoms. The Hall–Kier alpha value is -3.26. The number of amides is 1. The summed E-state index contributed by atoms with van der Waals surface area (Å²) in [7, 11) is 0. The van der Waals surface area contributed by atoms with E-state index in [1.165, 1.54) is 0 Å². The molecule has 0 saturated carbocycles. The minimum absolute atomic E-state index is 0.290. The number of hydrogen-bond donors (Lipinski definition) is 2. The number of carbonyl (C=O) groups is 1. The van der Waals surface area contributed by atoms with E-state index in [9.17, 15) is 4.79 Å². The maximum Gasteiger partial charge on any atom is 0.277 e. The summed E-state index contributed by atoms with van der Waals surface area (Å²) in [4.78, 5) is 16.7. The van der Waals surface area contributed by atoms with Crippen molar-refractivity contribution < 1.29 is 9.53 Å². The first-order valence-corrected chi connectivity index (χ1v) is 9.34. The first-order chi connectivity index (χ1) is 13.8. The number of pyridine rings is 1. The maximum absolute atomic E-state index is 12.5. The summed E-state index contributed by atoms with van der Waals surface area (Å²) in [6, 6.07) is 13.2. The zero-order valence-corrected chi connectivity index (χ0v) is 15.4. The smallest absolute Gasteiger partial charge is 0.277 e. The third-order valence-corrected chi connectivity index (χ3v) is 4.63. The molecule has 0 spiro atoms. The van der Waals surface area contributed by atoms with Gasteiger partial charge in [0.15, 0.2) is 5.69 Å². The number of nitrogens with one attached hydrogen (secondary N) is 2. The number of piperidine rings is 1. The Balaban J connectivity index is 1.37. The molecule has 1 saturated heterocycles. The summed E-state index contributed by atoms with van der Waals surface area (Å²) < 4.78 is 7.55. The van der Waals surface area contributed by atoms with E-state index >= 15 is 0 Å². The lowest BCUT2D eigenvalue weighted by molar-refractivity contribution is 0.102. The maximum atomic E-state index is 12.5. The van der Waals surface area contributed by atoms with Crippen LogP contribution in [-0.4, -0.2) is 39.0 Å². The summed E-state index contributed by atoms with van der Waals surface area (Å²) in [5, 5.41) is 14.3. The molecule has 2 N–H and O–H groups in total. The highest BCUT2D eigenvalue weighted by Gasteiger charge is 2.18. The number of carbonyl (C=O) groups excluding carboxylic acids is 1. The summed E-state index contributed by atoms with van der Waals surface area (Å²) in [6.07, 6.45) is 5.42. The fraction of sp³-hybridized carbons (Fsp3) is 0.300. The van der Waals surface area contributed by atoms with Gasteiger partial charge in [0.2, 0.25) is 0 Å². The molecule has 0 unspecified atom stereocenters. The van der Waals surface area contributed by atoms with Crippen LogP contribution in [0.2, 0.25) is 0 Å².